The van der Waals surface area contributed by atoms with Crippen molar-refractivity contribution in [1.29, 1.82) is 0 Å². The molecule has 0 fully saturated rings. The van der Waals surface area contributed by atoms with Gasteiger partial charge in [-0.2, -0.15) is 0 Å². The number of carbonyl (C=O) groups is 2. The van der Waals surface area contributed by atoms with Crippen LogP contribution in [0, 0.1) is 13.8 Å². The topological polar surface area (TPSA) is 77.5 Å². The largest absolute Gasteiger partial charge is 0.484 e. The number of methoxy groups -OCH3 is 1. The van der Waals surface area contributed by atoms with Crippen LogP contribution in [0.3, 0.4) is 0 Å². The highest BCUT2D eigenvalue weighted by Gasteiger charge is 2.12. The molecule has 7 heteroatoms. The Labute approximate surface area is 132 Å². The van der Waals surface area contributed by atoms with Crippen molar-refractivity contribution in [2.24, 2.45) is 0 Å². The van der Waals surface area contributed by atoms with Gasteiger partial charge in [-0.25, -0.2) is 9.78 Å². The first kappa shape index (κ1) is 16.0. The summed E-state index contributed by atoms with van der Waals surface area (Å²) in [6.45, 7) is 3.86. The Morgan fingerprint density at radius 2 is 2.05 bits per heavy atom. The Bertz CT molecular complexity index is 697. The first-order valence-corrected chi connectivity index (χ1v) is 7.35. The lowest BCUT2D eigenvalue weighted by molar-refractivity contribution is -0.118. The second kappa shape index (κ2) is 7.04. The Balaban J connectivity index is 1.88. The number of nitrogens with one attached hydrogen (secondary N) is 1. The van der Waals surface area contributed by atoms with Gasteiger partial charge in [-0.15, -0.1) is 0 Å². The Kier molecular flexibility index (Phi) is 5.11. The predicted octanol–water partition coefficient (Wildman–Crippen LogP) is 2.56. The molecular formula is C15H16N2O4S. The van der Waals surface area contributed by atoms with E-state index in [1.54, 1.807) is 0 Å². The molecule has 0 spiro atoms. The van der Waals surface area contributed by atoms with Gasteiger partial charge in [-0.05, 0) is 37.1 Å². The molecule has 1 aromatic heterocycles. The van der Waals surface area contributed by atoms with E-state index in [1.165, 1.54) is 13.3 Å². The molecule has 0 aliphatic carbocycles. The number of thiazole rings is 1. The fourth-order valence-corrected chi connectivity index (χ4v) is 2.39. The van der Waals surface area contributed by atoms with Crippen molar-refractivity contribution in [1.82, 2.24) is 4.98 Å². The highest BCUT2D eigenvalue weighted by atomic mass is 32.1. The monoisotopic (exact) mass is 320 g/mol. The van der Waals surface area contributed by atoms with E-state index >= 15 is 0 Å². The highest BCUT2D eigenvalue weighted by molar-refractivity contribution is 7.17. The van der Waals surface area contributed by atoms with Gasteiger partial charge in [0.05, 0.1) is 13.3 Å². The second-order valence-electron chi connectivity index (χ2n) is 4.60. The minimum absolute atomic E-state index is 0.129. The van der Waals surface area contributed by atoms with Crippen LogP contribution in [0.15, 0.2) is 24.4 Å². The summed E-state index contributed by atoms with van der Waals surface area (Å²) < 4.78 is 10.00. The smallest absolute Gasteiger partial charge is 0.349 e. The van der Waals surface area contributed by atoms with Crippen molar-refractivity contribution in [3.63, 3.8) is 0 Å². The maximum absolute atomic E-state index is 11.8. The zero-order valence-electron chi connectivity index (χ0n) is 12.5. The van der Waals surface area contributed by atoms with Crippen molar-refractivity contribution >= 4 is 28.3 Å². The molecule has 0 bridgehead atoms. The summed E-state index contributed by atoms with van der Waals surface area (Å²) in [5.41, 5.74) is 2.26. The van der Waals surface area contributed by atoms with Crippen LogP contribution in [-0.2, 0) is 9.53 Å². The number of amides is 1. The average molecular weight is 320 g/mol. The number of hydrogen-bond donors (Lipinski definition) is 1. The van der Waals surface area contributed by atoms with Gasteiger partial charge in [0.2, 0.25) is 0 Å². The summed E-state index contributed by atoms with van der Waals surface area (Å²) in [4.78, 5) is 27.4. The van der Waals surface area contributed by atoms with E-state index < -0.39 is 5.97 Å². The fraction of sp³-hybridized carbons (Fsp3) is 0.267. The molecule has 1 amide bonds. The van der Waals surface area contributed by atoms with Gasteiger partial charge in [-0.3, -0.25) is 10.1 Å². The molecule has 0 radical (unpaired) electrons. The molecule has 0 saturated heterocycles. The lowest BCUT2D eigenvalue weighted by atomic mass is 10.1. The molecule has 0 aliphatic heterocycles. The average Bonchev–Trinajstić information content (AvgIpc) is 2.96. The van der Waals surface area contributed by atoms with E-state index in [0.29, 0.717) is 15.8 Å². The van der Waals surface area contributed by atoms with Crippen LogP contribution in [0.1, 0.15) is 20.8 Å². The number of aryl methyl sites for hydroxylation is 2. The van der Waals surface area contributed by atoms with Gasteiger partial charge in [0, 0.05) is 0 Å². The van der Waals surface area contributed by atoms with Crippen molar-refractivity contribution in [3.05, 3.63) is 40.4 Å². The molecule has 1 N–H and O–H groups in total. The van der Waals surface area contributed by atoms with E-state index in [9.17, 15) is 9.59 Å². The van der Waals surface area contributed by atoms with Crippen LogP contribution in [0.5, 0.6) is 5.75 Å². The van der Waals surface area contributed by atoms with Crippen LogP contribution in [-0.4, -0.2) is 30.6 Å². The van der Waals surface area contributed by atoms with Crippen molar-refractivity contribution in [3.8, 4) is 5.75 Å². The van der Waals surface area contributed by atoms with Gasteiger partial charge in [0.25, 0.3) is 5.91 Å². The molecule has 1 heterocycles. The van der Waals surface area contributed by atoms with E-state index in [-0.39, 0.29) is 12.5 Å². The number of aromatic nitrogens is 1. The van der Waals surface area contributed by atoms with Crippen LogP contribution in [0.2, 0.25) is 0 Å². The third-order valence-electron chi connectivity index (χ3n) is 2.99. The zero-order chi connectivity index (χ0) is 16.1. The maximum atomic E-state index is 11.8. The lowest BCUT2D eigenvalue weighted by Gasteiger charge is -2.07. The standard InChI is InChI=1S/C15H16N2O4S/c1-9-4-5-11(6-10(9)2)21-8-13(18)17-15-16-7-12(22-15)14(19)20-3/h4-7H,8H2,1-3H3,(H,16,17,18). The van der Waals surface area contributed by atoms with E-state index in [0.717, 1.165) is 22.5 Å². The summed E-state index contributed by atoms with van der Waals surface area (Å²) in [6.07, 6.45) is 1.36. The molecule has 0 aliphatic rings. The van der Waals surface area contributed by atoms with Gasteiger partial charge >= 0.3 is 5.97 Å². The molecule has 0 saturated carbocycles. The third-order valence-corrected chi connectivity index (χ3v) is 3.88. The van der Waals surface area contributed by atoms with Crippen molar-refractivity contribution in [2.75, 3.05) is 19.0 Å². The number of nitrogens with zero attached hydrogens (tertiary/aromatic N) is 1. The molecule has 2 rings (SSSR count). The highest BCUT2D eigenvalue weighted by Crippen LogP contribution is 2.19. The van der Waals surface area contributed by atoms with E-state index in [4.69, 9.17) is 4.74 Å². The summed E-state index contributed by atoms with van der Waals surface area (Å²) >= 11 is 1.05. The van der Waals surface area contributed by atoms with Crippen LogP contribution in [0.4, 0.5) is 5.13 Å². The Morgan fingerprint density at radius 3 is 2.73 bits per heavy atom. The normalized spacial score (nSPS) is 10.1. The van der Waals surface area contributed by atoms with Gasteiger partial charge in [-0.1, -0.05) is 17.4 Å². The number of carbonyl (C=O) groups excluding carboxylic acids is 2. The Morgan fingerprint density at radius 1 is 1.27 bits per heavy atom. The minimum Gasteiger partial charge on any atom is -0.484 e. The number of benzene rings is 1. The Hall–Kier alpha value is -2.41. The third kappa shape index (κ3) is 4.05. The fourth-order valence-electron chi connectivity index (χ4n) is 1.63. The predicted molar refractivity (Wildman–Crippen MR) is 83.5 cm³/mol. The van der Waals surface area contributed by atoms with Gasteiger partial charge < -0.3 is 9.47 Å². The molecule has 22 heavy (non-hydrogen) atoms. The second-order valence-corrected chi connectivity index (χ2v) is 5.63. The number of rotatable bonds is 5. The SMILES string of the molecule is COC(=O)c1cnc(NC(=O)COc2ccc(C)c(C)c2)s1. The molecule has 0 unspecified atom stereocenters. The summed E-state index contributed by atoms with van der Waals surface area (Å²) in [7, 11) is 1.29. The zero-order valence-corrected chi connectivity index (χ0v) is 13.3. The van der Waals surface area contributed by atoms with Gasteiger partial charge in [0.15, 0.2) is 11.7 Å². The summed E-state index contributed by atoms with van der Waals surface area (Å²) in [6, 6.07) is 5.63. The number of ether oxygens (including phenoxy) is 2. The first-order chi connectivity index (χ1) is 10.5. The molecule has 2 aromatic rings. The number of hydrogen-bond acceptors (Lipinski definition) is 6. The molecule has 6 nitrogen and oxygen atoms in total. The van der Waals surface area contributed by atoms with Crippen LogP contribution in [0.25, 0.3) is 0 Å². The van der Waals surface area contributed by atoms with E-state index in [2.05, 4.69) is 15.0 Å². The maximum Gasteiger partial charge on any atom is 0.349 e. The molecular weight excluding hydrogens is 304 g/mol. The molecule has 1 aromatic carbocycles. The summed E-state index contributed by atoms with van der Waals surface area (Å²) in [5, 5.41) is 2.90. The molecule has 0 atom stereocenters. The van der Waals surface area contributed by atoms with Gasteiger partial charge in [0.1, 0.15) is 10.6 Å². The number of anilines is 1. The van der Waals surface area contributed by atoms with Crippen LogP contribution < -0.4 is 10.1 Å². The first-order valence-electron chi connectivity index (χ1n) is 6.53. The van der Waals surface area contributed by atoms with Crippen molar-refractivity contribution < 1.29 is 19.1 Å². The van der Waals surface area contributed by atoms with Crippen molar-refractivity contribution in [2.45, 2.75) is 13.8 Å². The molecule has 116 valence electrons. The number of esters is 1. The van der Waals surface area contributed by atoms with Crippen LogP contribution >= 0.6 is 11.3 Å². The quantitative estimate of drug-likeness (QED) is 0.857. The summed E-state index contributed by atoms with van der Waals surface area (Å²) in [5.74, 6) is -0.194. The lowest BCUT2D eigenvalue weighted by Crippen LogP contribution is -2.20. The van der Waals surface area contributed by atoms with E-state index in [1.807, 2.05) is 32.0 Å². The minimum atomic E-state index is -0.482.